The molecule has 1 N–H and O–H groups in total. The Morgan fingerprint density at radius 1 is 0.900 bits per heavy atom. The SMILES string of the molecule is CC(C)N(C)C1CCC(N2CCC(Nc3ccccc3-c3ccccc3)C2=O)C(CS(=O)(=O)c2ccccc2)C1. The van der Waals surface area contributed by atoms with Gasteiger partial charge in [0.25, 0.3) is 0 Å². The van der Waals surface area contributed by atoms with Crippen LogP contribution in [0.4, 0.5) is 5.69 Å². The zero-order valence-electron chi connectivity index (χ0n) is 23.7. The summed E-state index contributed by atoms with van der Waals surface area (Å²) in [4.78, 5) is 18.6. The fourth-order valence-corrected chi connectivity index (χ4v) is 8.13. The fraction of sp³-hybridized carbons (Fsp3) is 0.424. The third-order valence-electron chi connectivity index (χ3n) is 8.82. The van der Waals surface area contributed by atoms with E-state index in [0.717, 1.165) is 36.1 Å². The van der Waals surface area contributed by atoms with E-state index in [9.17, 15) is 13.2 Å². The Morgan fingerprint density at radius 3 is 2.25 bits per heavy atom. The van der Waals surface area contributed by atoms with Gasteiger partial charge in [-0.3, -0.25) is 4.79 Å². The van der Waals surface area contributed by atoms with Gasteiger partial charge in [-0.05, 0) is 76.3 Å². The van der Waals surface area contributed by atoms with Crippen LogP contribution >= 0.6 is 0 Å². The molecule has 0 radical (unpaired) electrons. The van der Waals surface area contributed by atoms with Gasteiger partial charge in [0.05, 0.1) is 10.6 Å². The van der Waals surface area contributed by atoms with Gasteiger partial charge in [0, 0.05) is 35.9 Å². The first kappa shape index (κ1) is 28.4. The van der Waals surface area contributed by atoms with Crippen LogP contribution in [0.5, 0.6) is 0 Å². The van der Waals surface area contributed by atoms with Gasteiger partial charge in [0.1, 0.15) is 6.04 Å². The summed E-state index contributed by atoms with van der Waals surface area (Å²) in [6.45, 7) is 4.99. The first-order chi connectivity index (χ1) is 19.2. The number of anilines is 1. The summed E-state index contributed by atoms with van der Waals surface area (Å²) < 4.78 is 27.0. The number of amides is 1. The first-order valence-electron chi connectivity index (χ1n) is 14.5. The normalized spacial score (nSPS) is 23.6. The average molecular weight is 560 g/mol. The van der Waals surface area contributed by atoms with Crippen molar-refractivity contribution in [3.63, 3.8) is 0 Å². The molecule has 1 aliphatic carbocycles. The van der Waals surface area contributed by atoms with Crippen LogP contribution in [0.25, 0.3) is 11.1 Å². The second-order valence-electron chi connectivity index (χ2n) is 11.6. The Bertz CT molecular complexity index is 1390. The minimum atomic E-state index is -3.48. The molecule has 2 fully saturated rings. The third kappa shape index (κ3) is 6.11. The molecule has 0 bridgehead atoms. The molecule has 212 valence electrons. The fourth-order valence-electron chi connectivity index (χ4n) is 6.44. The standard InChI is InChI=1S/C33H41N3O3S/c1-24(2)35(3)27-18-19-32(26(22-27)23-40(38,39)28-14-8-5-9-15-28)36-21-20-31(33(36)37)34-30-17-11-10-16-29(30)25-12-6-4-7-13-25/h4-17,24,26-27,31-32,34H,18-23H2,1-3H3. The Hall–Kier alpha value is -3.16. The highest BCUT2D eigenvalue weighted by atomic mass is 32.2. The maximum atomic E-state index is 13.9. The van der Waals surface area contributed by atoms with Crippen LogP contribution in [-0.4, -0.2) is 67.6 Å². The molecule has 3 aromatic rings. The van der Waals surface area contributed by atoms with Crippen molar-refractivity contribution in [3.8, 4) is 11.1 Å². The number of para-hydroxylation sites is 1. The molecule has 0 spiro atoms. The van der Waals surface area contributed by atoms with Gasteiger partial charge in [-0.15, -0.1) is 0 Å². The molecule has 3 aromatic carbocycles. The van der Waals surface area contributed by atoms with Crippen LogP contribution in [0.1, 0.15) is 39.5 Å². The van der Waals surface area contributed by atoms with Crippen molar-refractivity contribution in [2.24, 2.45) is 5.92 Å². The van der Waals surface area contributed by atoms with E-state index in [2.05, 4.69) is 49.3 Å². The van der Waals surface area contributed by atoms with Crippen LogP contribution < -0.4 is 5.32 Å². The highest BCUT2D eigenvalue weighted by molar-refractivity contribution is 7.91. The second kappa shape index (κ2) is 12.1. The van der Waals surface area contributed by atoms with Crippen molar-refractivity contribution >= 4 is 21.4 Å². The Kier molecular flexibility index (Phi) is 8.62. The predicted octanol–water partition coefficient (Wildman–Crippen LogP) is 5.72. The zero-order chi connectivity index (χ0) is 28.3. The Balaban J connectivity index is 1.36. The van der Waals surface area contributed by atoms with E-state index >= 15 is 0 Å². The van der Waals surface area contributed by atoms with E-state index in [1.165, 1.54) is 0 Å². The number of hydrogen-bond acceptors (Lipinski definition) is 5. The number of nitrogens with one attached hydrogen (secondary N) is 1. The number of carbonyl (C=O) groups excluding carboxylic acids is 1. The molecule has 1 amide bonds. The van der Waals surface area contributed by atoms with E-state index in [1.54, 1.807) is 24.3 Å². The van der Waals surface area contributed by atoms with E-state index in [1.807, 2.05) is 47.4 Å². The second-order valence-corrected chi connectivity index (χ2v) is 13.6. The smallest absolute Gasteiger partial charge is 0.245 e. The number of benzene rings is 3. The van der Waals surface area contributed by atoms with Crippen molar-refractivity contribution in [1.82, 2.24) is 9.80 Å². The molecule has 7 heteroatoms. The predicted molar refractivity (Wildman–Crippen MR) is 162 cm³/mol. The number of carbonyl (C=O) groups is 1. The van der Waals surface area contributed by atoms with Gasteiger partial charge < -0.3 is 15.1 Å². The summed E-state index contributed by atoms with van der Waals surface area (Å²) in [5.41, 5.74) is 3.12. The molecule has 5 rings (SSSR count). The number of rotatable bonds is 9. The van der Waals surface area contributed by atoms with Gasteiger partial charge in [0.2, 0.25) is 5.91 Å². The number of sulfone groups is 1. The minimum absolute atomic E-state index is 0.0584. The molecule has 1 heterocycles. The maximum Gasteiger partial charge on any atom is 0.245 e. The Labute approximate surface area is 239 Å². The summed E-state index contributed by atoms with van der Waals surface area (Å²) >= 11 is 0. The number of nitrogens with zero attached hydrogens (tertiary/aromatic N) is 2. The summed E-state index contributed by atoms with van der Waals surface area (Å²) in [5.74, 6) is 0.0122. The molecule has 1 aliphatic heterocycles. The monoisotopic (exact) mass is 559 g/mol. The van der Waals surface area contributed by atoms with Crippen molar-refractivity contribution in [1.29, 1.82) is 0 Å². The molecular weight excluding hydrogens is 518 g/mol. The van der Waals surface area contributed by atoms with Gasteiger partial charge in [-0.25, -0.2) is 8.42 Å². The summed E-state index contributed by atoms with van der Waals surface area (Å²) in [5, 5.41) is 3.54. The molecule has 0 aromatic heterocycles. The minimum Gasteiger partial charge on any atom is -0.373 e. The van der Waals surface area contributed by atoms with Crippen molar-refractivity contribution in [2.45, 2.75) is 68.6 Å². The summed E-state index contributed by atoms with van der Waals surface area (Å²) in [6.07, 6.45) is 3.24. The van der Waals surface area contributed by atoms with Crippen LogP contribution in [0.2, 0.25) is 0 Å². The number of likely N-dealkylation sites (tertiary alicyclic amines) is 1. The summed E-state index contributed by atoms with van der Waals surface area (Å²) in [7, 11) is -1.35. The molecule has 4 atom stereocenters. The zero-order valence-corrected chi connectivity index (χ0v) is 24.6. The van der Waals surface area contributed by atoms with Crippen LogP contribution in [0, 0.1) is 5.92 Å². The van der Waals surface area contributed by atoms with Gasteiger partial charge in [0.15, 0.2) is 9.84 Å². The van der Waals surface area contributed by atoms with Gasteiger partial charge in [-0.1, -0.05) is 66.7 Å². The van der Waals surface area contributed by atoms with Crippen molar-refractivity contribution < 1.29 is 13.2 Å². The summed E-state index contributed by atoms with van der Waals surface area (Å²) in [6, 6.07) is 27.3. The molecule has 40 heavy (non-hydrogen) atoms. The van der Waals surface area contributed by atoms with E-state index in [4.69, 9.17) is 0 Å². The first-order valence-corrected chi connectivity index (χ1v) is 16.1. The van der Waals surface area contributed by atoms with E-state index in [0.29, 0.717) is 29.9 Å². The van der Waals surface area contributed by atoms with Crippen LogP contribution in [0.15, 0.2) is 89.8 Å². The topological polar surface area (TPSA) is 69.7 Å². The lowest BCUT2D eigenvalue weighted by molar-refractivity contribution is -0.132. The van der Waals surface area contributed by atoms with E-state index < -0.39 is 9.84 Å². The molecule has 2 aliphatic rings. The molecule has 6 nitrogen and oxygen atoms in total. The lowest BCUT2D eigenvalue weighted by atomic mass is 9.81. The molecule has 4 unspecified atom stereocenters. The molecule has 1 saturated heterocycles. The van der Waals surface area contributed by atoms with Crippen LogP contribution in [-0.2, 0) is 14.6 Å². The van der Waals surface area contributed by atoms with Crippen molar-refractivity contribution in [2.75, 3.05) is 24.7 Å². The highest BCUT2D eigenvalue weighted by Gasteiger charge is 2.44. The van der Waals surface area contributed by atoms with Crippen LogP contribution in [0.3, 0.4) is 0 Å². The maximum absolute atomic E-state index is 13.9. The largest absolute Gasteiger partial charge is 0.373 e. The highest BCUT2D eigenvalue weighted by Crippen LogP contribution is 2.37. The quantitative estimate of drug-likeness (QED) is 0.363. The number of hydrogen-bond donors (Lipinski definition) is 1. The molecule has 1 saturated carbocycles. The van der Waals surface area contributed by atoms with Gasteiger partial charge >= 0.3 is 0 Å². The van der Waals surface area contributed by atoms with E-state index in [-0.39, 0.29) is 29.7 Å². The lowest BCUT2D eigenvalue weighted by Crippen LogP contribution is -2.52. The molecular formula is C33H41N3O3S. The lowest BCUT2D eigenvalue weighted by Gasteiger charge is -2.44. The third-order valence-corrected chi connectivity index (χ3v) is 10.7. The Morgan fingerprint density at radius 2 is 1.55 bits per heavy atom. The van der Waals surface area contributed by atoms with Crippen molar-refractivity contribution in [3.05, 3.63) is 84.9 Å². The average Bonchev–Trinajstić information content (AvgIpc) is 3.32. The van der Waals surface area contributed by atoms with Gasteiger partial charge in [-0.2, -0.15) is 0 Å².